The van der Waals surface area contributed by atoms with Crippen molar-refractivity contribution in [3.05, 3.63) is 267 Å². The Morgan fingerprint density at radius 3 is 1.82 bits per heavy atom. The van der Waals surface area contributed by atoms with E-state index in [1.54, 1.807) is 0 Å². The van der Waals surface area contributed by atoms with Crippen molar-refractivity contribution in [1.82, 2.24) is 0 Å². The monoisotopic (exact) mass is 1000 g/mol. The summed E-state index contributed by atoms with van der Waals surface area (Å²) >= 11 is 0. The first-order valence-corrected chi connectivity index (χ1v) is 27.5. The number of hydrogen-bond acceptors (Lipinski definition) is 4. The summed E-state index contributed by atoms with van der Waals surface area (Å²) in [6, 6.07) is 50.5. The van der Waals surface area contributed by atoms with E-state index in [1.807, 2.05) is 0 Å². The zero-order valence-electron chi connectivity index (χ0n) is 45.7. The minimum atomic E-state index is -0.310. The van der Waals surface area contributed by atoms with Crippen molar-refractivity contribution in [2.24, 2.45) is 0 Å². The first-order chi connectivity index (χ1) is 36.9. The van der Waals surface area contributed by atoms with Gasteiger partial charge in [0.1, 0.15) is 47.5 Å². The number of aromatic nitrogens is 1. The number of allylic oxidation sites excluding steroid dienone is 4. The molecule has 8 aromatic rings. The maximum absolute atomic E-state index is 6.92. The summed E-state index contributed by atoms with van der Waals surface area (Å²) in [5, 5.41) is 13.9. The highest BCUT2D eigenvalue weighted by molar-refractivity contribution is 5.93. The molecule has 1 aliphatic carbocycles. The summed E-state index contributed by atoms with van der Waals surface area (Å²) in [6.45, 7) is 27.6. The highest BCUT2D eigenvalue weighted by Gasteiger charge is 2.34. The molecule has 10 rings (SSSR count). The smallest absolute Gasteiger partial charge is 0.217 e. The number of aryl methyl sites for hydroxylation is 2. The van der Waals surface area contributed by atoms with Crippen molar-refractivity contribution in [3.63, 3.8) is 0 Å². The van der Waals surface area contributed by atoms with Gasteiger partial charge in [-0.15, -0.1) is 48.4 Å². The van der Waals surface area contributed by atoms with Crippen LogP contribution in [-0.2, 0) is 12.8 Å². The minimum absolute atomic E-state index is 0.310. The van der Waals surface area contributed by atoms with Crippen molar-refractivity contribution in [1.29, 1.82) is 0 Å². The normalized spacial score (nSPS) is 14.6. The molecule has 1 aliphatic heterocycles. The zero-order chi connectivity index (χ0) is 53.0. The average molecular weight is 1000 g/mol. The van der Waals surface area contributed by atoms with Crippen LogP contribution in [0.25, 0.3) is 22.5 Å². The lowest BCUT2D eigenvalue weighted by atomic mass is 9.91. The summed E-state index contributed by atoms with van der Waals surface area (Å²) in [7, 11) is 0. The van der Waals surface area contributed by atoms with Crippen molar-refractivity contribution < 1.29 is 17.7 Å². The third-order valence-corrected chi connectivity index (χ3v) is 15.3. The Morgan fingerprint density at radius 1 is 0.566 bits per heavy atom. The van der Waals surface area contributed by atoms with Gasteiger partial charge < -0.3 is 19.5 Å². The number of pyridine rings is 1. The zero-order valence-corrected chi connectivity index (χ0v) is 45.7. The van der Waals surface area contributed by atoms with E-state index in [-0.39, 0.29) is 12.1 Å². The molecular formula is C70H74N4O2. The quantitative estimate of drug-likeness (QED) is 0.0511. The number of rotatable bonds is 18. The van der Waals surface area contributed by atoms with Crippen molar-refractivity contribution in [3.8, 4) is 0 Å². The molecule has 386 valence electrons. The molecule has 0 radical (unpaired) electrons. The van der Waals surface area contributed by atoms with Crippen LogP contribution in [0.4, 0.5) is 11.4 Å². The first kappa shape index (κ1) is 51.5. The molecule has 5 aromatic carbocycles. The standard InChI is InChI=1S/C70H74N4O2/c1-45(2)53-31-19-32-54(46(3)4)67(53)71-69(63-39-21-37-61(73(63)9)59-35-17-25-49-23-11-15-29-57(49)59)65-43-41-51(75-65)27-13-14-28-52-42-44-66(76-52)70(72-68-55(47(5)6)33-20-34-56(68)48(7)8)64-40-22-38-62(74(64)10)60-36-18-26-50-24-12-16-30-58(50)60/h11-12,15-26,29-48,69-72H,9-10,13-14,27-28H2,1-8H3. The molecule has 2 aliphatic rings. The van der Waals surface area contributed by atoms with Crippen LogP contribution in [0.2, 0.25) is 0 Å². The van der Waals surface area contributed by atoms with Gasteiger partial charge >= 0.3 is 0 Å². The summed E-state index contributed by atoms with van der Waals surface area (Å²) in [5.41, 5.74) is 11.9. The molecule has 0 amide bonds. The molecule has 0 spiro atoms. The molecule has 6 heteroatoms. The van der Waals surface area contributed by atoms with Crippen LogP contribution in [0.15, 0.2) is 179 Å². The van der Waals surface area contributed by atoms with Gasteiger partial charge in [0.2, 0.25) is 11.0 Å². The molecular weight excluding hydrogens is 929 g/mol. The number of nitrogens with zero attached hydrogens (tertiary/aromatic N) is 2. The van der Waals surface area contributed by atoms with Gasteiger partial charge in [-0.2, -0.15) is 4.24 Å². The summed E-state index contributed by atoms with van der Waals surface area (Å²) < 4.78 is 18.0. The van der Waals surface area contributed by atoms with Gasteiger partial charge in [0.25, 0.3) is 0 Å². The topological polar surface area (TPSA) is 59.2 Å². The number of anilines is 2. The van der Waals surface area contributed by atoms with E-state index in [1.165, 1.54) is 43.8 Å². The highest BCUT2D eigenvalue weighted by Crippen LogP contribution is 2.42. The molecule has 0 saturated carbocycles. The Hall–Kier alpha value is -7.96. The Balaban J connectivity index is 0.923. The minimum Gasteiger partial charge on any atom is -0.464 e. The molecule has 2 unspecified atom stereocenters. The fraction of sp³-hybridized carbons (Fsp3) is 0.257. The van der Waals surface area contributed by atoms with E-state index < -0.39 is 0 Å². The van der Waals surface area contributed by atoms with Crippen LogP contribution in [0.1, 0.15) is 166 Å². The second-order valence-electron chi connectivity index (χ2n) is 21.8. The third kappa shape index (κ3) is 10.5. The average Bonchev–Trinajstić information content (AvgIpc) is 4.11. The predicted molar refractivity (Wildman–Crippen MR) is 315 cm³/mol. The number of nitrogens with one attached hydrogen (secondary N) is 2. The number of fused-ring (bicyclic) bond motifs is 2. The van der Waals surface area contributed by atoms with Crippen LogP contribution in [0, 0.1) is 29.7 Å². The van der Waals surface area contributed by atoms with E-state index in [0.717, 1.165) is 93.7 Å². The lowest BCUT2D eigenvalue weighted by Crippen LogP contribution is -2.30. The molecule has 4 heterocycles. The summed E-state index contributed by atoms with van der Waals surface area (Å²) in [6.07, 6.45) is 18.5. The molecule has 76 heavy (non-hydrogen) atoms. The number of benzene rings is 5. The van der Waals surface area contributed by atoms with Crippen LogP contribution in [0.3, 0.4) is 0 Å². The first-order valence-electron chi connectivity index (χ1n) is 27.5. The fourth-order valence-corrected chi connectivity index (χ4v) is 11.3. The predicted octanol–water partition coefficient (Wildman–Crippen LogP) is 16.4. The fourth-order valence-electron chi connectivity index (χ4n) is 11.3. The highest BCUT2D eigenvalue weighted by atomic mass is 16.3. The number of hydrogen-bond donors (Lipinski definition) is 2. The Kier molecular flexibility index (Phi) is 15.2. The van der Waals surface area contributed by atoms with Crippen LogP contribution < -0.4 is 20.1 Å². The van der Waals surface area contributed by atoms with E-state index in [0.29, 0.717) is 23.7 Å². The Labute approximate surface area is 450 Å². The van der Waals surface area contributed by atoms with E-state index in [9.17, 15) is 0 Å². The maximum Gasteiger partial charge on any atom is 0.217 e. The van der Waals surface area contributed by atoms with E-state index >= 15 is 0 Å². The van der Waals surface area contributed by atoms with E-state index in [2.05, 4.69) is 257 Å². The largest absolute Gasteiger partial charge is 0.464 e. The molecule has 2 atom stereocenters. The SMILES string of the molecule is C=[N+]1C(c2cccc3ccccc23)=CC=C[C-]1C(Nc1c(C(C)C)cccc1C(C)C)c1ccc(CCCCc2ccc(C(Nc3c(C(C)C)cccc3C(C)C)c3cccc(=c4cccc5c4=CC=C[CH-]5)[n+]3=C)o2)o1. The third-order valence-electron chi connectivity index (χ3n) is 15.3. The van der Waals surface area contributed by atoms with Gasteiger partial charge in [-0.25, -0.2) is 0 Å². The van der Waals surface area contributed by atoms with Gasteiger partial charge in [0.15, 0.2) is 6.04 Å². The Morgan fingerprint density at radius 2 is 1.14 bits per heavy atom. The van der Waals surface area contributed by atoms with Crippen LogP contribution >= 0.6 is 0 Å². The van der Waals surface area contributed by atoms with Crippen molar-refractivity contribution in [2.75, 3.05) is 10.6 Å². The van der Waals surface area contributed by atoms with E-state index in [4.69, 9.17) is 22.3 Å². The van der Waals surface area contributed by atoms with Gasteiger partial charge in [-0.1, -0.05) is 158 Å². The molecule has 2 N–H and O–H groups in total. The second-order valence-corrected chi connectivity index (χ2v) is 21.8. The Bertz CT molecular complexity index is 3670. The second kappa shape index (κ2) is 22.5. The van der Waals surface area contributed by atoms with Gasteiger partial charge in [-0.05, 0) is 99.9 Å². The van der Waals surface area contributed by atoms with Crippen molar-refractivity contribution >= 4 is 40.6 Å². The number of para-hydroxylation sites is 2. The van der Waals surface area contributed by atoms with Crippen LogP contribution in [0.5, 0.6) is 0 Å². The summed E-state index contributed by atoms with van der Waals surface area (Å²) in [4.78, 5) is 0. The molecule has 6 nitrogen and oxygen atoms in total. The van der Waals surface area contributed by atoms with Gasteiger partial charge in [0, 0.05) is 47.1 Å². The lowest BCUT2D eigenvalue weighted by Gasteiger charge is -2.32. The number of unbranched alkanes of at least 4 members (excludes halogenated alkanes) is 1. The van der Waals surface area contributed by atoms with Gasteiger partial charge in [0.05, 0.1) is 6.72 Å². The lowest BCUT2D eigenvalue weighted by molar-refractivity contribution is -0.521. The molecule has 0 fully saturated rings. The van der Waals surface area contributed by atoms with Gasteiger partial charge in [-0.3, -0.25) is 4.58 Å². The molecule has 0 saturated heterocycles. The molecule has 0 bridgehead atoms. The summed E-state index contributed by atoms with van der Waals surface area (Å²) in [5.74, 6) is 4.92. The molecule has 3 aromatic heterocycles. The maximum atomic E-state index is 6.92. The number of furan rings is 2. The van der Waals surface area contributed by atoms with Crippen LogP contribution in [-0.4, -0.2) is 11.3 Å². The van der Waals surface area contributed by atoms with Crippen molar-refractivity contribution in [2.45, 2.75) is 117 Å².